The van der Waals surface area contributed by atoms with Crippen LogP contribution in [0.2, 0.25) is 0 Å². The highest BCUT2D eigenvalue weighted by Crippen LogP contribution is 2.34. The van der Waals surface area contributed by atoms with E-state index in [1.807, 2.05) is 18.2 Å². The van der Waals surface area contributed by atoms with Gasteiger partial charge in [-0.15, -0.1) is 0 Å². The van der Waals surface area contributed by atoms with Crippen molar-refractivity contribution in [3.8, 4) is 11.5 Å². The predicted octanol–water partition coefficient (Wildman–Crippen LogP) is 4.05. The molecule has 0 atom stereocenters. The van der Waals surface area contributed by atoms with E-state index >= 15 is 0 Å². The highest BCUT2D eigenvalue weighted by atomic mass is 16.5. The zero-order valence-electron chi connectivity index (χ0n) is 15.8. The summed E-state index contributed by atoms with van der Waals surface area (Å²) in [5, 5.41) is 2.90. The summed E-state index contributed by atoms with van der Waals surface area (Å²) >= 11 is 0. The van der Waals surface area contributed by atoms with Gasteiger partial charge in [-0.1, -0.05) is 18.2 Å². The molecule has 0 spiro atoms. The van der Waals surface area contributed by atoms with Crippen molar-refractivity contribution in [1.82, 2.24) is 4.98 Å². The minimum atomic E-state index is -0.223. The second-order valence-corrected chi connectivity index (χ2v) is 6.45. The summed E-state index contributed by atoms with van der Waals surface area (Å²) in [4.78, 5) is 19.4. The van der Waals surface area contributed by atoms with Crippen LogP contribution in [0.25, 0.3) is 0 Å². The number of para-hydroxylation sites is 1. The van der Waals surface area contributed by atoms with Crippen molar-refractivity contribution in [1.29, 1.82) is 0 Å². The molecule has 0 saturated heterocycles. The lowest BCUT2D eigenvalue weighted by molar-refractivity contribution is 0.102. The van der Waals surface area contributed by atoms with E-state index in [9.17, 15) is 4.79 Å². The van der Waals surface area contributed by atoms with Gasteiger partial charge in [0.05, 0.1) is 19.9 Å². The number of anilines is 3. The van der Waals surface area contributed by atoms with E-state index in [0.29, 0.717) is 22.7 Å². The average Bonchev–Trinajstić information content (AvgIpc) is 3.18. The van der Waals surface area contributed by atoms with Crippen LogP contribution >= 0.6 is 0 Å². The second kappa shape index (κ2) is 7.60. The molecule has 3 aromatic rings. The molecule has 4 rings (SSSR count). The number of hydrogen-bond donors (Lipinski definition) is 1. The van der Waals surface area contributed by atoms with Crippen LogP contribution in [0.15, 0.2) is 60.8 Å². The lowest BCUT2D eigenvalue weighted by atomic mass is 10.2. The first-order chi connectivity index (χ1) is 13.7. The third kappa shape index (κ3) is 3.36. The number of amides is 1. The van der Waals surface area contributed by atoms with E-state index in [4.69, 9.17) is 9.47 Å². The number of methoxy groups -OCH3 is 2. The van der Waals surface area contributed by atoms with E-state index < -0.39 is 0 Å². The maximum Gasteiger partial charge on any atom is 0.255 e. The highest BCUT2D eigenvalue weighted by Gasteiger charge is 2.21. The Morgan fingerprint density at radius 1 is 1.07 bits per heavy atom. The normalized spacial score (nSPS) is 12.4. The Morgan fingerprint density at radius 2 is 1.93 bits per heavy atom. The summed E-state index contributed by atoms with van der Waals surface area (Å²) in [7, 11) is 3.14. The van der Waals surface area contributed by atoms with Crippen molar-refractivity contribution in [2.45, 2.75) is 6.42 Å². The molecule has 0 unspecified atom stereocenters. The third-order valence-corrected chi connectivity index (χ3v) is 4.83. The van der Waals surface area contributed by atoms with E-state index in [1.54, 1.807) is 44.7 Å². The summed E-state index contributed by atoms with van der Waals surface area (Å²) in [6, 6.07) is 17.1. The zero-order chi connectivity index (χ0) is 19.5. The lowest BCUT2D eigenvalue weighted by Gasteiger charge is -2.19. The Morgan fingerprint density at radius 3 is 2.75 bits per heavy atom. The van der Waals surface area contributed by atoms with Crippen LogP contribution in [0, 0.1) is 0 Å². The van der Waals surface area contributed by atoms with E-state index in [-0.39, 0.29) is 5.91 Å². The van der Waals surface area contributed by atoms with Gasteiger partial charge in [0.1, 0.15) is 17.3 Å². The van der Waals surface area contributed by atoms with Crippen molar-refractivity contribution in [3.05, 3.63) is 71.9 Å². The minimum Gasteiger partial charge on any atom is -0.497 e. The maximum atomic E-state index is 12.8. The van der Waals surface area contributed by atoms with E-state index in [1.165, 1.54) is 5.56 Å². The molecule has 6 nitrogen and oxygen atoms in total. The molecule has 2 aromatic carbocycles. The molecule has 28 heavy (non-hydrogen) atoms. The first-order valence-electron chi connectivity index (χ1n) is 9.04. The van der Waals surface area contributed by atoms with Gasteiger partial charge in [0.15, 0.2) is 0 Å². The molecule has 0 aliphatic carbocycles. The molecular formula is C22H21N3O3. The van der Waals surface area contributed by atoms with Crippen LogP contribution in [0.3, 0.4) is 0 Å². The fourth-order valence-electron chi connectivity index (χ4n) is 3.38. The molecule has 1 N–H and O–H groups in total. The summed E-state index contributed by atoms with van der Waals surface area (Å²) < 4.78 is 10.5. The number of carbonyl (C=O) groups is 1. The van der Waals surface area contributed by atoms with Crippen LogP contribution in [0.5, 0.6) is 11.5 Å². The van der Waals surface area contributed by atoms with Gasteiger partial charge in [-0.25, -0.2) is 4.98 Å². The fourth-order valence-corrected chi connectivity index (χ4v) is 3.38. The standard InChI is InChI=1S/C22H21N3O3/c1-27-17-7-8-18(20(14-17)28-2)24-22(26)16-9-11-23-21(13-16)25-12-10-15-5-3-4-6-19(15)25/h3-9,11,13-14H,10,12H2,1-2H3,(H,24,26). The lowest BCUT2D eigenvalue weighted by Crippen LogP contribution is -2.17. The van der Waals surface area contributed by atoms with Gasteiger partial charge in [0.25, 0.3) is 5.91 Å². The van der Waals surface area contributed by atoms with Crippen LogP contribution < -0.4 is 19.7 Å². The van der Waals surface area contributed by atoms with E-state index in [0.717, 1.165) is 24.5 Å². The predicted molar refractivity (Wildman–Crippen MR) is 109 cm³/mol. The van der Waals surface area contributed by atoms with E-state index in [2.05, 4.69) is 27.3 Å². The zero-order valence-corrected chi connectivity index (χ0v) is 15.8. The highest BCUT2D eigenvalue weighted by molar-refractivity contribution is 6.05. The number of ether oxygens (including phenoxy) is 2. The number of benzene rings is 2. The summed E-state index contributed by atoms with van der Waals surface area (Å²) in [6.07, 6.45) is 2.63. The second-order valence-electron chi connectivity index (χ2n) is 6.45. The molecular weight excluding hydrogens is 354 g/mol. The molecule has 0 saturated carbocycles. The van der Waals surface area contributed by atoms with Gasteiger partial charge >= 0.3 is 0 Å². The molecule has 142 valence electrons. The Kier molecular flexibility index (Phi) is 4.85. The maximum absolute atomic E-state index is 12.8. The molecule has 1 aliphatic heterocycles. The number of nitrogens with one attached hydrogen (secondary N) is 1. The number of carbonyl (C=O) groups excluding carboxylic acids is 1. The van der Waals surface area contributed by atoms with Crippen molar-refractivity contribution >= 4 is 23.1 Å². The molecule has 0 fully saturated rings. The molecule has 1 aromatic heterocycles. The summed E-state index contributed by atoms with van der Waals surface area (Å²) in [6.45, 7) is 0.851. The monoisotopic (exact) mass is 375 g/mol. The van der Waals surface area contributed by atoms with Crippen LogP contribution in [-0.4, -0.2) is 31.7 Å². The Balaban J connectivity index is 1.58. The average molecular weight is 375 g/mol. The molecule has 2 heterocycles. The molecule has 1 amide bonds. The van der Waals surface area contributed by atoms with Crippen LogP contribution in [0.4, 0.5) is 17.2 Å². The first kappa shape index (κ1) is 17.9. The first-order valence-corrected chi connectivity index (χ1v) is 9.04. The minimum absolute atomic E-state index is 0.223. The quantitative estimate of drug-likeness (QED) is 0.729. The topological polar surface area (TPSA) is 63.7 Å². The van der Waals surface area contributed by atoms with Crippen LogP contribution in [-0.2, 0) is 6.42 Å². The van der Waals surface area contributed by atoms with Gasteiger partial charge in [-0.05, 0) is 42.3 Å². The van der Waals surface area contributed by atoms with Crippen molar-refractivity contribution < 1.29 is 14.3 Å². The van der Waals surface area contributed by atoms with Gasteiger partial charge in [0, 0.05) is 30.1 Å². The summed E-state index contributed by atoms with van der Waals surface area (Å²) in [5.41, 5.74) is 3.55. The largest absolute Gasteiger partial charge is 0.497 e. The third-order valence-electron chi connectivity index (χ3n) is 4.83. The van der Waals surface area contributed by atoms with Gasteiger partial charge in [0.2, 0.25) is 0 Å². The van der Waals surface area contributed by atoms with Crippen molar-refractivity contribution in [2.24, 2.45) is 0 Å². The number of nitrogens with zero attached hydrogens (tertiary/aromatic N) is 2. The van der Waals surface area contributed by atoms with Crippen molar-refractivity contribution in [2.75, 3.05) is 31.0 Å². The fraction of sp³-hybridized carbons (Fsp3) is 0.182. The number of fused-ring (bicyclic) bond motifs is 1. The van der Waals surface area contributed by atoms with Gasteiger partial charge in [-0.2, -0.15) is 0 Å². The molecule has 1 aliphatic rings. The molecule has 6 heteroatoms. The molecule has 0 bridgehead atoms. The molecule has 0 radical (unpaired) electrons. The summed E-state index contributed by atoms with van der Waals surface area (Å²) in [5.74, 6) is 1.74. The number of rotatable bonds is 5. The Bertz CT molecular complexity index is 1020. The van der Waals surface area contributed by atoms with Crippen LogP contribution in [0.1, 0.15) is 15.9 Å². The Hall–Kier alpha value is -3.54. The van der Waals surface area contributed by atoms with Gasteiger partial charge in [-0.3, -0.25) is 4.79 Å². The SMILES string of the molecule is COc1ccc(NC(=O)c2ccnc(N3CCc4ccccc43)c2)c(OC)c1. The number of pyridine rings is 1. The Labute approximate surface area is 163 Å². The number of hydrogen-bond acceptors (Lipinski definition) is 5. The smallest absolute Gasteiger partial charge is 0.255 e. The van der Waals surface area contributed by atoms with Gasteiger partial charge < -0.3 is 19.7 Å². The van der Waals surface area contributed by atoms with Crippen molar-refractivity contribution in [3.63, 3.8) is 0 Å². The number of aromatic nitrogens is 1.